The minimum atomic E-state index is -1.03. The van der Waals surface area contributed by atoms with E-state index in [-0.39, 0.29) is 6.04 Å². The van der Waals surface area contributed by atoms with Crippen LogP contribution in [0.15, 0.2) is 0 Å². The van der Waals surface area contributed by atoms with Crippen molar-refractivity contribution in [2.75, 3.05) is 6.54 Å². The van der Waals surface area contributed by atoms with Gasteiger partial charge in [0.25, 0.3) is 0 Å². The fraction of sp³-hybridized carbons (Fsp3) is 0.909. The lowest BCUT2D eigenvalue weighted by atomic mass is 9.84. The highest BCUT2D eigenvalue weighted by Gasteiger charge is 2.54. The monoisotopic (exact) mass is 212 g/mol. The molecule has 1 saturated carbocycles. The summed E-state index contributed by atoms with van der Waals surface area (Å²) in [5.41, 5.74) is 5.03. The van der Waals surface area contributed by atoms with Crippen molar-refractivity contribution in [3.63, 3.8) is 0 Å². The molecule has 2 atom stereocenters. The molecule has 1 heterocycles. The Bertz CT molecular complexity index is 276. The molecule has 0 amide bonds. The van der Waals surface area contributed by atoms with Crippen LogP contribution in [-0.4, -0.2) is 40.1 Å². The van der Waals surface area contributed by atoms with Gasteiger partial charge >= 0.3 is 5.97 Å². The van der Waals surface area contributed by atoms with Gasteiger partial charge < -0.3 is 10.8 Å². The van der Waals surface area contributed by atoms with E-state index in [9.17, 15) is 9.90 Å². The van der Waals surface area contributed by atoms with Gasteiger partial charge in [-0.05, 0) is 25.2 Å². The van der Waals surface area contributed by atoms with Crippen molar-refractivity contribution in [2.45, 2.75) is 50.7 Å². The summed E-state index contributed by atoms with van der Waals surface area (Å²) < 4.78 is 0. The number of hydrogen-bond acceptors (Lipinski definition) is 3. The van der Waals surface area contributed by atoms with Crippen LogP contribution in [0, 0.1) is 5.92 Å². The summed E-state index contributed by atoms with van der Waals surface area (Å²) in [5.74, 6) is -0.543. The molecule has 0 bridgehead atoms. The number of aliphatic carboxylic acids is 1. The third-order valence-electron chi connectivity index (χ3n) is 3.71. The zero-order valence-electron chi connectivity index (χ0n) is 9.44. The molecule has 4 nitrogen and oxygen atoms in total. The van der Waals surface area contributed by atoms with Crippen molar-refractivity contribution < 1.29 is 9.90 Å². The molecule has 2 rings (SSSR count). The van der Waals surface area contributed by atoms with Crippen molar-refractivity contribution in [1.29, 1.82) is 0 Å². The molecule has 0 aromatic rings. The first-order chi connectivity index (χ1) is 6.97. The van der Waals surface area contributed by atoms with Crippen molar-refractivity contribution in [3.05, 3.63) is 0 Å². The first-order valence-corrected chi connectivity index (χ1v) is 5.75. The average molecular weight is 212 g/mol. The number of nitrogens with zero attached hydrogens (tertiary/aromatic N) is 1. The predicted molar refractivity (Wildman–Crippen MR) is 57.5 cm³/mol. The summed E-state index contributed by atoms with van der Waals surface area (Å²) in [4.78, 5) is 13.6. The Morgan fingerprint density at radius 3 is 2.53 bits per heavy atom. The summed E-state index contributed by atoms with van der Waals surface area (Å²) in [6, 6.07) is 0.602. The fourth-order valence-corrected chi connectivity index (χ4v) is 2.92. The van der Waals surface area contributed by atoms with Gasteiger partial charge in [-0.2, -0.15) is 0 Å². The summed E-state index contributed by atoms with van der Waals surface area (Å²) in [6.45, 7) is 4.97. The van der Waals surface area contributed by atoms with Crippen molar-refractivity contribution in [1.82, 2.24) is 4.90 Å². The normalized spacial score (nSPS) is 37.5. The number of hydrogen-bond donors (Lipinski definition) is 2. The highest BCUT2D eigenvalue weighted by Crippen LogP contribution is 2.39. The topological polar surface area (TPSA) is 66.6 Å². The van der Waals surface area contributed by atoms with Crippen LogP contribution in [0.3, 0.4) is 0 Å². The Labute approximate surface area is 90.4 Å². The minimum Gasteiger partial charge on any atom is -0.480 e. The van der Waals surface area contributed by atoms with E-state index in [0.29, 0.717) is 18.4 Å². The predicted octanol–water partition coefficient (Wildman–Crippen LogP) is 0.661. The van der Waals surface area contributed by atoms with E-state index < -0.39 is 11.5 Å². The standard InChI is InChI=1S/C11H20N2O2/c1-7(2)9-11(12,10(14)15)5-6-13(9)8-3-4-8/h7-9H,3-6,12H2,1-2H3,(H,14,15). The van der Waals surface area contributed by atoms with Crippen molar-refractivity contribution >= 4 is 5.97 Å². The second-order valence-electron chi connectivity index (χ2n) is 5.25. The molecule has 3 N–H and O–H groups in total. The second kappa shape index (κ2) is 3.46. The second-order valence-corrected chi connectivity index (χ2v) is 5.25. The molecule has 86 valence electrons. The number of carboxylic acids is 1. The summed E-state index contributed by atoms with van der Waals surface area (Å²) in [5, 5.41) is 9.26. The minimum absolute atomic E-state index is 0.00231. The molecule has 2 fully saturated rings. The van der Waals surface area contributed by atoms with Crippen molar-refractivity contribution in [3.8, 4) is 0 Å². The molecule has 1 aliphatic heterocycles. The van der Waals surface area contributed by atoms with E-state index in [0.717, 1.165) is 6.54 Å². The number of nitrogens with two attached hydrogens (primary N) is 1. The number of carboxylic acid groups (broad SMARTS) is 1. The Balaban J connectivity index is 2.23. The van der Waals surface area contributed by atoms with E-state index >= 15 is 0 Å². The SMILES string of the molecule is CC(C)C1N(C2CC2)CCC1(N)C(=O)O. The molecule has 0 aromatic carbocycles. The van der Waals surface area contributed by atoms with Gasteiger partial charge in [0.15, 0.2) is 0 Å². The molecule has 1 saturated heterocycles. The highest BCUT2D eigenvalue weighted by molar-refractivity contribution is 5.80. The van der Waals surface area contributed by atoms with Gasteiger partial charge in [-0.3, -0.25) is 9.69 Å². The third-order valence-corrected chi connectivity index (χ3v) is 3.71. The largest absolute Gasteiger partial charge is 0.480 e. The molecule has 2 unspecified atom stereocenters. The zero-order chi connectivity index (χ0) is 11.2. The molecule has 1 aliphatic carbocycles. The van der Waals surface area contributed by atoms with Crippen LogP contribution in [-0.2, 0) is 4.79 Å². The van der Waals surface area contributed by atoms with Crippen LogP contribution in [0.25, 0.3) is 0 Å². The number of likely N-dealkylation sites (tertiary alicyclic amines) is 1. The van der Waals surface area contributed by atoms with Gasteiger partial charge in [-0.15, -0.1) is 0 Å². The lowest BCUT2D eigenvalue weighted by molar-refractivity contribution is -0.145. The van der Waals surface area contributed by atoms with Crippen molar-refractivity contribution in [2.24, 2.45) is 11.7 Å². The molecule has 2 aliphatic rings. The van der Waals surface area contributed by atoms with Crippen LogP contribution in [0.1, 0.15) is 33.1 Å². The first kappa shape index (κ1) is 10.9. The van der Waals surface area contributed by atoms with Crippen LogP contribution in [0.4, 0.5) is 0 Å². The molecule has 0 radical (unpaired) electrons. The van der Waals surface area contributed by atoms with Crippen LogP contribution in [0.5, 0.6) is 0 Å². The molecular weight excluding hydrogens is 192 g/mol. The number of rotatable bonds is 3. The van der Waals surface area contributed by atoms with Gasteiger partial charge in [0.05, 0.1) is 0 Å². The summed E-state index contributed by atoms with van der Waals surface area (Å²) in [6.07, 6.45) is 3.00. The van der Waals surface area contributed by atoms with E-state index in [1.54, 1.807) is 0 Å². The fourth-order valence-electron chi connectivity index (χ4n) is 2.92. The van der Waals surface area contributed by atoms with E-state index in [1.165, 1.54) is 12.8 Å². The maximum Gasteiger partial charge on any atom is 0.325 e. The summed E-state index contributed by atoms with van der Waals surface area (Å²) in [7, 11) is 0. The Hall–Kier alpha value is -0.610. The Morgan fingerprint density at radius 1 is 1.53 bits per heavy atom. The summed E-state index contributed by atoms with van der Waals surface area (Å²) >= 11 is 0. The molecular formula is C11H20N2O2. The van der Waals surface area contributed by atoms with E-state index in [1.807, 2.05) is 0 Å². The van der Waals surface area contributed by atoms with Gasteiger partial charge in [0.1, 0.15) is 5.54 Å². The maximum absolute atomic E-state index is 11.3. The number of carbonyl (C=O) groups is 1. The van der Waals surface area contributed by atoms with Crippen LogP contribution < -0.4 is 5.73 Å². The van der Waals surface area contributed by atoms with Gasteiger partial charge in [0.2, 0.25) is 0 Å². The molecule has 0 aromatic heterocycles. The third kappa shape index (κ3) is 1.66. The Morgan fingerprint density at radius 2 is 2.13 bits per heavy atom. The first-order valence-electron chi connectivity index (χ1n) is 5.75. The van der Waals surface area contributed by atoms with Gasteiger partial charge in [-0.1, -0.05) is 13.8 Å². The highest BCUT2D eigenvalue weighted by atomic mass is 16.4. The lowest BCUT2D eigenvalue weighted by Crippen LogP contribution is -2.59. The van der Waals surface area contributed by atoms with Gasteiger partial charge in [-0.25, -0.2) is 0 Å². The Kier molecular flexibility index (Phi) is 2.51. The van der Waals surface area contributed by atoms with Crippen LogP contribution >= 0.6 is 0 Å². The quantitative estimate of drug-likeness (QED) is 0.721. The maximum atomic E-state index is 11.3. The smallest absolute Gasteiger partial charge is 0.325 e. The van der Waals surface area contributed by atoms with Crippen LogP contribution in [0.2, 0.25) is 0 Å². The van der Waals surface area contributed by atoms with E-state index in [2.05, 4.69) is 18.7 Å². The zero-order valence-corrected chi connectivity index (χ0v) is 9.44. The molecule has 15 heavy (non-hydrogen) atoms. The lowest BCUT2D eigenvalue weighted by Gasteiger charge is -2.35. The van der Waals surface area contributed by atoms with Gasteiger partial charge in [0, 0.05) is 18.6 Å². The molecule has 0 spiro atoms. The molecule has 4 heteroatoms. The average Bonchev–Trinajstić information content (AvgIpc) is 2.90. The van der Waals surface area contributed by atoms with E-state index in [4.69, 9.17) is 5.73 Å².